The van der Waals surface area contributed by atoms with E-state index in [-0.39, 0.29) is 0 Å². The summed E-state index contributed by atoms with van der Waals surface area (Å²) in [5, 5.41) is 1.37. The molecule has 0 fully saturated rings. The van der Waals surface area contributed by atoms with E-state index in [0.29, 0.717) is 18.3 Å². The minimum Gasteiger partial charge on any atom is -0.494 e. The van der Waals surface area contributed by atoms with Gasteiger partial charge in [-0.05, 0) is 36.9 Å². The van der Waals surface area contributed by atoms with Crippen LogP contribution in [-0.4, -0.2) is 26.5 Å². The molecule has 7 heteroatoms. The summed E-state index contributed by atoms with van der Waals surface area (Å²) < 4.78 is 5.48. The molecule has 0 aliphatic heterocycles. The van der Waals surface area contributed by atoms with Crippen molar-refractivity contribution in [2.45, 2.75) is 23.8 Å². The molecule has 21 heavy (non-hydrogen) atoms. The maximum absolute atomic E-state index is 5.58. The Kier molecular flexibility index (Phi) is 4.03. The molecule has 3 rings (SSSR count). The number of H-pyrrole nitrogens is 1. The number of rotatable bonds is 5. The Labute approximate surface area is 126 Å². The average molecular weight is 301 g/mol. The van der Waals surface area contributed by atoms with E-state index in [9.17, 15) is 0 Å². The third kappa shape index (κ3) is 3.14. The fourth-order valence-electron chi connectivity index (χ4n) is 1.90. The Bertz CT molecular complexity index is 758. The third-order valence-electron chi connectivity index (χ3n) is 2.83. The van der Waals surface area contributed by atoms with Gasteiger partial charge in [0.25, 0.3) is 0 Å². The molecule has 1 aromatic carbocycles. The lowest BCUT2D eigenvalue weighted by molar-refractivity contribution is 0.340. The Hall–Kier alpha value is -2.12. The monoisotopic (exact) mass is 301 g/mol. The van der Waals surface area contributed by atoms with Gasteiger partial charge in [-0.25, -0.2) is 15.0 Å². The van der Waals surface area contributed by atoms with Crippen molar-refractivity contribution < 1.29 is 4.74 Å². The normalized spacial score (nSPS) is 11.0. The van der Waals surface area contributed by atoms with E-state index in [4.69, 9.17) is 10.5 Å². The number of hydrogen-bond acceptors (Lipinski definition) is 6. The zero-order valence-electron chi connectivity index (χ0n) is 11.5. The standard InChI is InChI=1S/C14H15N5OS/c1-2-20-10-3-4-11-12(7-10)19-14(18-11)21-13-16-6-5-9(8-15)17-13/h3-7H,2,8,15H2,1H3,(H,18,19). The second-order valence-corrected chi connectivity index (χ2v) is 5.25. The van der Waals surface area contributed by atoms with Gasteiger partial charge in [0.15, 0.2) is 10.3 Å². The number of aromatic amines is 1. The van der Waals surface area contributed by atoms with Gasteiger partial charge < -0.3 is 15.5 Å². The Balaban J connectivity index is 1.86. The maximum atomic E-state index is 5.58. The van der Waals surface area contributed by atoms with Gasteiger partial charge in [-0.2, -0.15) is 0 Å². The Morgan fingerprint density at radius 2 is 2.19 bits per heavy atom. The minimum absolute atomic E-state index is 0.397. The van der Waals surface area contributed by atoms with Crippen molar-refractivity contribution in [3.05, 3.63) is 36.2 Å². The van der Waals surface area contributed by atoms with Crippen molar-refractivity contribution >= 4 is 22.8 Å². The number of benzene rings is 1. The minimum atomic E-state index is 0.397. The van der Waals surface area contributed by atoms with Crippen molar-refractivity contribution in [2.24, 2.45) is 5.73 Å². The largest absolute Gasteiger partial charge is 0.494 e. The van der Waals surface area contributed by atoms with Crippen LogP contribution in [0.5, 0.6) is 5.75 Å². The number of nitrogens with zero attached hydrogens (tertiary/aromatic N) is 3. The first-order valence-corrected chi connectivity index (χ1v) is 7.42. The van der Waals surface area contributed by atoms with E-state index >= 15 is 0 Å². The molecule has 0 saturated carbocycles. The van der Waals surface area contributed by atoms with Gasteiger partial charge >= 0.3 is 0 Å². The number of nitrogens with two attached hydrogens (primary N) is 1. The molecule has 0 aliphatic carbocycles. The van der Waals surface area contributed by atoms with Gasteiger partial charge in [0, 0.05) is 18.8 Å². The number of aromatic nitrogens is 4. The molecule has 0 bridgehead atoms. The van der Waals surface area contributed by atoms with Crippen molar-refractivity contribution in [1.82, 2.24) is 19.9 Å². The van der Waals surface area contributed by atoms with Crippen molar-refractivity contribution in [1.29, 1.82) is 0 Å². The van der Waals surface area contributed by atoms with E-state index in [0.717, 1.165) is 27.6 Å². The number of hydrogen-bond donors (Lipinski definition) is 2. The lowest BCUT2D eigenvalue weighted by Gasteiger charge is -2.00. The fourth-order valence-corrected chi connectivity index (χ4v) is 2.65. The predicted molar refractivity (Wildman–Crippen MR) is 81.3 cm³/mol. The maximum Gasteiger partial charge on any atom is 0.195 e. The van der Waals surface area contributed by atoms with Gasteiger partial charge in [-0.15, -0.1) is 0 Å². The van der Waals surface area contributed by atoms with Crippen molar-refractivity contribution in [2.75, 3.05) is 6.61 Å². The first-order valence-electron chi connectivity index (χ1n) is 6.61. The smallest absolute Gasteiger partial charge is 0.195 e. The summed E-state index contributed by atoms with van der Waals surface area (Å²) in [4.78, 5) is 16.3. The molecule has 0 aliphatic rings. The van der Waals surface area contributed by atoms with E-state index in [1.165, 1.54) is 11.8 Å². The summed E-state index contributed by atoms with van der Waals surface area (Å²) in [5.41, 5.74) is 8.20. The highest BCUT2D eigenvalue weighted by atomic mass is 32.2. The summed E-state index contributed by atoms with van der Waals surface area (Å²) >= 11 is 1.38. The van der Waals surface area contributed by atoms with Crippen LogP contribution >= 0.6 is 11.8 Å². The van der Waals surface area contributed by atoms with Crippen molar-refractivity contribution in [3.63, 3.8) is 0 Å². The van der Waals surface area contributed by atoms with E-state index in [2.05, 4.69) is 19.9 Å². The van der Waals surface area contributed by atoms with Crippen LogP contribution < -0.4 is 10.5 Å². The molecule has 2 aromatic heterocycles. The van der Waals surface area contributed by atoms with Gasteiger partial charge in [-0.3, -0.25) is 0 Å². The number of nitrogens with one attached hydrogen (secondary N) is 1. The van der Waals surface area contributed by atoms with Crippen LogP contribution in [0.1, 0.15) is 12.6 Å². The molecule has 0 radical (unpaired) electrons. The van der Waals surface area contributed by atoms with Crippen LogP contribution in [0.3, 0.4) is 0 Å². The highest BCUT2D eigenvalue weighted by Gasteiger charge is 2.08. The molecule has 3 N–H and O–H groups in total. The third-order valence-corrected chi connectivity index (χ3v) is 3.60. The van der Waals surface area contributed by atoms with Crippen LogP contribution in [0.4, 0.5) is 0 Å². The Morgan fingerprint density at radius 3 is 3.00 bits per heavy atom. The van der Waals surface area contributed by atoms with Crippen molar-refractivity contribution in [3.8, 4) is 5.75 Å². The summed E-state index contributed by atoms with van der Waals surface area (Å²) in [6.07, 6.45) is 1.70. The summed E-state index contributed by atoms with van der Waals surface area (Å²) in [7, 11) is 0. The lowest BCUT2D eigenvalue weighted by Crippen LogP contribution is -2.00. The average Bonchev–Trinajstić information content (AvgIpc) is 2.89. The summed E-state index contributed by atoms with van der Waals surface area (Å²) in [5.74, 6) is 0.826. The number of fused-ring (bicyclic) bond motifs is 1. The van der Waals surface area contributed by atoms with E-state index in [1.807, 2.05) is 25.1 Å². The van der Waals surface area contributed by atoms with Gasteiger partial charge in [-0.1, -0.05) is 0 Å². The Morgan fingerprint density at radius 1 is 1.29 bits per heavy atom. The van der Waals surface area contributed by atoms with Crippen LogP contribution in [0, 0.1) is 0 Å². The molecule has 2 heterocycles. The molecule has 108 valence electrons. The predicted octanol–water partition coefficient (Wildman–Crippen LogP) is 2.36. The highest BCUT2D eigenvalue weighted by molar-refractivity contribution is 7.99. The molecule has 0 saturated heterocycles. The van der Waals surface area contributed by atoms with Gasteiger partial charge in [0.05, 0.1) is 23.3 Å². The quantitative estimate of drug-likeness (QED) is 0.703. The lowest BCUT2D eigenvalue weighted by atomic mass is 10.3. The SMILES string of the molecule is CCOc1ccc2nc(Sc3nccc(CN)n3)[nH]c2c1. The van der Waals surface area contributed by atoms with E-state index < -0.39 is 0 Å². The molecule has 6 nitrogen and oxygen atoms in total. The zero-order valence-corrected chi connectivity index (χ0v) is 12.4. The van der Waals surface area contributed by atoms with Gasteiger partial charge in [0.2, 0.25) is 0 Å². The molecule has 0 spiro atoms. The van der Waals surface area contributed by atoms with E-state index in [1.54, 1.807) is 12.3 Å². The second-order valence-electron chi connectivity index (χ2n) is 4.29. The molecular weight excluding hydrogens is 286 g/mol. The molecular formula is C14H15N5OS. The van der Waals surface area contributed by atoms with Crippen LogP contribution in [-0.2, 0) is 6.54 Å². The molecule has 0 unspecified atom stereocenters. The fraction of sp³-hybridized carbons (Fsp3) is 0.214. The molecule has 3 aromatic rings. The number of imidazole rings is 1. The van der Waals surface area contributed by atoms with Crippen LogP contribution in [0.2, 0.25) is 0 Å². The summed E-state index contributed by atoms with van der Waals surface area (Å²) in [6, 6.07) is 7.58. The molecule has 0 amide bonds. The van der Waals surface area contributed by atoms with Gasteiger partial charge in [0.1, 0.15) is 5.75 Å². The highest BCUT2D eigenvalue weighted by Crippen LogP contribution is 2.26. The van der Waals surface area contributed by atoms with Crippen LogP contribution in [0.25, 0.3) is 11.0 Å². The first kappa shape index (κ1) is 13.8. The first-order chi connectivity index (χ1) is 10.3. The second kappa shape index (κ2) is 6.11. The van der Waals surface area contributed by atoms with Crippen LogP contribution in [0.15, 0.2) is 40.8 Å². The number of ether oxygens (including phenoxy) is 1. The summed E-state index contributed by atoms with van der Waals surface area (Å²) in [6.45, 7) is 3.00. The zero-order chi connectivity index (χ0) is 14.7. The molecule has 0 atom stereocenters. The topological polar surface area (TPSA) is 89.7 Å².